The first-order valence-electron chi connectivity index (χ1n) is 9.82. The number of carbonyl (C=O) groups is 1. The first kappa shape index (κ1) is 19.9. The fourth-order valence-corrected chi connectivity index (χ4v) is 3.20. The van der Waals surface area contributed by atoms with E-state index in [2.05, 4.69) is 37.9 Å². The minimum Gasteiger partial charge on any atom is -0.459 e. The Balaban J connectivity index is 1.37. The summed E-state index contributed by atoms with van der Waals surface area (Å²) in [5.74, 6) is 2.94. The van der Waals surface area contributed by atoms with Gasteiger partial charge in [0.25, 0.3) is 5.91 Å². The molecule has 2 aromatic rings. The predicted molar refractivity (Wildman–Crippen MR) is 106 cm³/mol. The minimum atomic E-state index is -0.178. The van der Waals surface area contributed by atoms with Crippen molar-refractivity contribution in [3.05, 3.63) is 35.3 Å². The Hall–Kier alpha value is -2.84. The number of nitrogens with one attached hydrogen (secondary N) is 3. The van der Waals surface area contributed by atoms with E-state index in [0.717, 1.165) is 55.4 Å². The zero-order valence-electron chi connectivity index (χ0n) is 16.8. The van der Waals surface area contributed by atoms with E-state index in [1.165, 1.54) is 6.26 Å². The topological polar surface area (TPSA) is 109 Å². The Labute approximate surface area is 165 Å². The number of hydrogen-bond donors (Lipinski definition) is 3. The number of aromatic nitrogens is 3. The van der Waals surface area contributed by atoms with E-state index in [4.69, 9.17) is 4.42 Å². The first-order valence-corrected chi connectivity index (χ1v) is 9.82. The van der Waals surface area contributed by atoms with Crippen molar-refractivity contribution in [1.29, 1.82) is 0 Å². The molecule has 9 heteroatoms. The van der Waals surface area contributed by atoms with Crippen LogP contribution in [0, 0.1) is 6.92 Å². The second kappa shape index (κ2) is 9.38. The SMILES string of the molecule is CCc1nc2n(n1)CC(NC(=NC)NCCCNC(=O)c1occc1C)CC2. The Kier molecular flexibility index (Phi) is 6.67. The van der Waals surface area contributed by atoms with E-state index in [1.54, 1.807) is 13.1 Å². The van der Waals surface area contributed by atoms with Gasteiger partial charge in [0.05, 0.1) is 12.8 Å². The summed E-state index contributed by atoms with van der Waals surface area (Å²) in [5.41, 5.74) is 0.842. The van der Waals surface area contributed by atoms with Gasteiger partial charge in [0, 0.05) is 44.6 Å². The number of amides is 1. The van der Waals surface area contributed by atoms with Crippen LogP contribution in [0.2, 0.25) is 0 Å². The molecule has 0 radical (unpaired) electrons. The number of aliphatic imine (C=N–C) groups is 1. The molecule has 1 aliphatic heterocycles. The second-order valence-electron chi connectivity index (χ2n) is 6.90. The van der Waals surface area contributed by atoms with Crippen LogP contribution in [-0.2, 0) is 19.4 Å². The molecular weight excluding hydrogens is 358 g/mol. The Bertz CT molecular complexity index is 824. The average Bonchev–Trinajstić information content (AvgIpc) is 3.31. The van der Waals surface area contributed by atoms with Crippen molar-refractivity contribution in [2.45, 2.75) is 52.1 Å². The van der Waals surface area contributed by atoms with Crippen LogP contribution in [0.3, 0.4) is 0 Å². The molecule has 0 bridgehead atoms. The summed E-state index contributed by atoms with van der Waals surface area (Å²) in [7, 11) is 1.76. The predicted octanol–water partition coefficient (Wildman–Crippen LogP) is 1.04. The van der Waals surface area contributed by atoms with Gasteiger partial charge in [0.15, 0.2) is 17.5 Å². The van der Waals surface area contributed by atoms with Crippen molar-refractivity contribution >= 4 is 11.9 Å². The smallest absolute Gasteiger partial charge is 0.287 e. The van der Waals surface area contributed by atoms with Crippen molar-refractivity contribution in [2.75, 3.05) is 20.1 Å². The molecule has 0 aliphatic carbocycles. The van der Waals surface area contributed by atoms with Crippen LogP contribution in [0.5, 0.6) is 0 Å². The molecule has 3 heterocycles. The molecule has 1 aliphatic rings. The molecule has 9 nitrogen and oxygen atoms in total. The highest BCUT2D eigenvalue weighted by molar-refractivity contribution is 5.92. The van der Waals surface area contributed by atoms with E-state index in [1.807, 2.05) is 11.6 Å². The van der Waals surface area contributed by atoms with Crippen molar-refractivity contribution in [1.82, 2.24) is 30.7 Å². The Morgan fingerprint density at radius 2 is 2.21 bits per heavy atom. The van der Waals surface area contributed by atoms with Crippen LogP contribution in [-0.4, -0.2) is 52.8 Å². The van der Waals surface area contributed by atoms with Gasteiger partial charge in [0.2, 0.25) is 0 Å². The van der Waals surface area contributed by atoms with Crippen LogP contribution in [0.15, 0.2) is 21.7 Å². The van der Waals surface area contributed by atoms with Gasteiger partial charge in [-0.25, -0.2) is 9.67 Å². The molecular formula is C19H29N7O2. The highest BCUT2D eigenvalue weighted by atomic mass is 16.3. The number of fused-ring (bicyclic) bond motifs is 1. The molecule has 1 unspecified atom stereocenters. The van der Waals surface area contributed by atoms with Crippen LogP contribution in [0.1, 0.15) is 47.5 Å². The van der Waals surface area contributed by atoms with Crippen LogP contribution < -0.4 is 16.0 Å². The second-order valence-corrected chi connectivity index (χ2v) is 6.90. The molecule has 0 fully saturated rings. The molecule has 1 amide bonds. The molecule has 3 rings (SSSR count). The number of nitrogens with zero attached hydrogens (tertiary/aromatic N) is 4. The minimum absolute atomic E-state index is 0.178. The van der Waals surface area contributed by atoms with E-state index in [-0.39, 0.29) is 11.9 Å². The molecule has 0 spiro atoms. The number of guanidine groups is 1. The average molecular weight is 387 g/mol. The van der Waals surface area contributed by atoms with Crippen molar-refractivity contribution < 1.29 is 9.21 Å². The number of furan rings is 1. The van der Waals surface area contributed by atoms with Gasteiger partial charge in [-0.05, 0) is 25.8 Å². The quantitative estimate of drug-likeness (QED) is 0.372. The summed E-state index contributed by atoms with van der Waals surface area (Å²) in [4.78, 5) is 20.8. The summed E-state index contributed by atoms with van der Waals surface area (Å²) < 4.78 is 7.19. The van der Waals surface area contributed by atoms with E-state index < -0.39 is 0 Å². The summed E-state index contributed by atoms with van der Waals surface area (Å²) in [6.07, 6.45) is 5.08. The van der Waals surface area contributed by atoms with E-state index >= 15 is 0 Å². The molecule has 152 valence electrons. The lowest BCUT2D eigenvalue weighted by Crippen LogP contribution is -2.47. The summed E-state index contributed by atoms with van der Waals surface area (Å²) in [6.45, 7) is 5.99. The van der Waals surface area contributed by atoms with Gasteiger partial charge in [0.1, 0.15) is 5.82 Å². The zero-order valence-corrected chi connectivity index (χ0v) is 16.8. The van der Waals surface area contributed by atoms with Gasteiger partial charge >= 0.3 is 0 Å². The lowest BCUT2D eigenvalue weighted by molar-refractivity contribution is 0.0925. The monoisotopic (exact) mass is 387 g/mol. The maximum absolute atomic E-state index is 12.0. The van der Waals surface area contributed by atoms with Gasteiger partial charge < -0.3 is 20.4 Å². The van der Waals surface area contributed by atoms with Crippen molar-refractivity contribution in [2.24, 2.45) is 4.99 Å². The molecule has 0 saturated heterocycles. The molecule has 1 atom stereocenters. The third-order valence-corrected chi connectivity index (χ3v) is 4.78. The number of hydrogen-bond acceptors (Lipinski definition) is 5. The fraction of sp³-hybridized carbons (Fsp3) is 0.579. The van der Waals surface area contributed by atoms with E-state index in [0.29, 0.717) is 18.8 Å². The highest BCUT2D eigenvalue weighted by Gasteiger charge is 2.22. The standard InChI is InChI=1S/C19H29N7O2/c1-4-15-24-16-7-6-14(12-26(16)25-15)23-19(20-3)22-10-5-9-21-18(27)17-13(2)8-11-28-17/h8,11,14H,4-7,9-10,12H2,1-3H3,(H,21,27)(H2,20,22,23). The summed E-state index contributed by atoms with van der Waals surface area (Å²) >= 11 is 0. The molecule has 2 aromatic heterocycles. The Morgan fingerprint density at radius 1 is 1.39 bits per heavy atom. The molecule has 28 heavy (non-hydrogen) atoms. The van der Waals surface area contributed by atoms with E-state index in [9.17, 15) is 4.79 Å². The lowest BCUT2D eigenvalue weighted by Gasteiger charge is -2.25. The lowest BCUT2D eigenvalue weighted by atomic mass is 10.1. The third kappa shape index (κ3) is 4.90. The van der Waals surface area contributed by atoms with Crippen molar-refractivity contribution in [3.63, 3.8) is 0 Å². The van der Waals surface area contributed by atoms with Crippen LogP contribution in [0.4, 0.5) is 0 Å². The maximum atomic E-state index is 12.0. The summed E-state index contributed by atoms with van der Waals surface area (Å²) in [6, 6.07) is 2.05. The number of carbonyl (C=O) groups excluding carboxylic acids is 1. The fourth-order valence-electron chi connectivity index (χ4n) is 3.20. The molecule has 3 N–H and O–H groups in total. The third-order valence-electron chi connectivity index (χ3n) is 4.78. The van der Waals surface area contributed by atoms with Gasteiger partial charge in [-0.1, -0.05) is 6.92 Å². The first-order chi connectivity index (χ1) is 13.6. The number of aryl methyl sites for hydroxylation is 3. The Morgan fingerprint density at radius 3 is 2.93 bits per heavy atom. The number of rotatable bonds is 7. The molecule has 0 aromatic carbocycles. The van der Waals surface area contributed by atoms with Gasteiger partial charge in [-0.15, -0.1) is 0 Å². The summed E-state index contributed by atoms with van der Waals surface area (Å²) in [5, 5.41) is 14.2. The highest BCUT2D eigenvalue weighted by Crippen LogP contribution is 2.13. The van der Waals surface area contributed by atoms with Crippen LogP contribution >= 0.6 is 0 Å². The zero-order chi connectivity index (χ0) is 19.9. The largest absolute Gasteiger partial charge is 0.459 e. The van der Waals surface area contributed by atoms with Gasteiger partial charge in [-0.2, -0.15) is 5.10 Å². The van der Waals surface area contributed by atoms with Crippen LogP contribution in [0.25, 0.3) is 0 Å². The normalized spacial score (nSPS) is 16.5. The molecule has 0 saturated carbocycles. The maximum Gasteiger partial charge on any atom is 0.287 e. The van der Waals surface area contributed by atoms with Crippen molar-refractivity contribution in [3.8, 4) is 0 Å². The van der Waals surface area contributed by atoms with Gasteiger partial charge in [-0.3, -0.25) is 9.79 Å².